The van der Waals surface area contributed by atoms with E-state index in [1.807, 2.05) is 24.3 Å². The maximum atomic E-state index is 12.8. The molecule has 1 N–H and O–H groups in total. The zero-order valence-electron chi connectivity index (χ0n) is 15.9. The van der Waals surface area contributed by atoms with Crippen molar-refractivity contribution in [2.75, 3.05) is 32.1 Å². The molecule has 1 aromatic carbocycles. The minimum Gasteiger partial charge on any atom is -0.383 e. The fourth-order valence-electron chi connectivity index (χ4n) is 2.66. The largest absolute Gasteiger partial charge is 0.383 e. The van der Waals surface area contributed by atoms with Crippen LogP contribution in [-0.4, -0.2) is 48.7 Å². The lowest BCUT2D eigenvalue weighted by Crippen LogP contribution is -2.40. The highest BCUT2D eigenvalue weighted by Gasteiger charge is 2.19. The summed E-state index contributed by atoms with van der Waals surface area (Å²) in [7, 11) is 1.56. The van der Waals surface area contributed by atoms with Crippen LogP contribution >= 0.6 is 0 Å². The van der Waals surface area contributed by atoms with Gasteiger partial charge in [0.25, 0.3) is 5.91 Å². The quantitative estimate of drug-likeness (QED) is 0.612. The van der Waals surface area contributed by atoms with Crippen LogP contribution in [0, 0.1) is 0 Å². The number of methoxy groups -OCH3 is 1. The molecule has 0 saturated heterocycles. The summed E-state index contributed by atoms with van der Waals surface area (Å²) >= 11 is 0. The molecule has 0 atom stereocenters. The summed E-state index contributed by atoms with van der Waals surface area (Å²) in [6, 6.07) is 9.13. The van der Waals surface area contributed by atoms with E-state index in [0.29, 0.717) is 24.5 Å². The fraction of sp³-hybridized carbons (Fsp3) is 0.450. The topological polar surface area (TPSA) is 84.7 Å². The number of carbonyl (C=O) groups excluding carboxylic acids is 2. The van der Waals surface area contributed by atoms with Crippen molar-refractivity contribution in [2.45, 2.75) is 32.6 Å². The first-order valence-electron chi connectivity index (χ1n) is 9.21. The molecule has 1 heterocycles. The van der Waals surface area contributed by atoms with Crippen LogP contribution in [0.15, 0.2) is 41.1 Å². The Morgan fingerprint density at radius 3 is 2.59 bits per heavy atom. The van der Waals surface area contributed by atoms with Crippen LogP contribution in [0.2, 0.25) is 0 Å². The number of nitrogens with zero attached hydrogens (tertiary/aromatic N) is 2. The number of hydrogen-bond donors (Lipinski definition) is 1. The highest BCUT2D eigenvalue weighted by Crippen LogP contribution is 2.11. The van der Waals surface area contributed by atoms with E-state index in [1.165, 1.54) is 35.6 Å². The molecule has 0 saturated carbocycles. The van der Waals surface area contributed by atoms with Gasteiger partial charge in [-0.3, -0.25) is 9.59 Å². The number of aryl methyl sites for hydroxylation is 1. The maximum absolute atomic E-state index is 12.8. The van der Waals surface area contributed by atoms with Crippen molar-refractivity contribution < 1.29 is 18.8 Å². The van der Waals surface area contributed by atoms with Crippen molar-refractivity contribution in [1.29, 1.82) is 0 Å². The van der Waals surface area contributed by atoms with Crippen molar-refractivity contribution in [1.82, 2.24) is 10.1 Å². The number of ether oxygens (including phenoxy) is 1. The third-order valence-electron chi connectivity index (χ3n) is 4.16. The van der Waals surface area contributed by atoms with Crippen molar-refractivity contribution >= 4 is 17.6 Å². The normalized spacial score (nSPS) is 10.6. The van der Waals surface area contributed by atoms with Crippen LogP contribution in [0.1, 0.15) is 42.1 Å². The molecule has 7 heteroatoms. The molecule has 0 aliphatic carbocycles. The van der Waals surface area contributed by atoms with Gasteiger partial charge in [0.05, 0.1) is 6.61 Å². The van der Waals surface area contributed by atoms with Gasteiger partial charge in [-0.25, -0.2) is 0 Å². The molecule has 146 valence electrons. The van der Waals surface area contributed by atoms with Crippen LogP contribution in [0.5, 0.6) is 0 Å². The highest BCUT2D eigenvalue weighted by atomic mass is 16.5. The predicted molar refractivity (Wildman–Crippen MR) is 103 cm³/mol. The number of nitrogens with one attached hydrogen (secondary N) is 1. The van der Waals surface area contributed by atoms with Gasteiger partial charge in [0.2, 0.25) is 5.91 Å². The van der Waals surface area contributed by atoms with Crippen molar-refractivity contribution in [3.05, 3.63) is 47.7 Å². The first-order valence-corrected chi connectivity index (χ1v) is 9.21. The van der Waals surface area contributed by atoms with E-state index in [9.17, 15) is 9.59 Å². The van der Waals surface area contributed by atoms with Crippen LogP contribution in [0.4, 0.5) is 5.82 Å². The average molecular weight is 373 g/mol. The number of rotatable bonds is 11. The molecule has 7 nitrogen and oxygen atoms in total. The van der Waals surface area contributed by atoms with Gasteiger partial charge >= 0.3 is 0 Å². The zero-order chi connectivity index (χ0) is 19.5. The molecule has 0 radical (unpaired) electrons. The van der Waals surface area contributed by atoms with E-state index >= 15 is 0 Å². The Morgan fingerprint density at radius 2 is 1.96 bits per heavy atom. The van der Waals surface area contributed by atoms with Gasteiger partial charge in [-0.2, -0.15) is 0 Å². The molecule has 1 aromatic heterocycles. The van der Waals surface area contributed by atoms with Crippen LogP contribution in [-0.2, 0) is 16.0 Å². The standard InChI is InChI=1S/C20H27N3O4/c1-3-4-5-6-16-7-9-17(10-8-16)20(25)23(12-14-26-2)15-19(24)21-18-11-13-27-22-18/h7-11,13H,3-6,12,14-15H2,1-2H3,(H,21,22,24). The van der Waals surface area contributed by atoms with Gasteiger partial charge < -0.3 is 19.5 Å². The molecule has 2 amide bonds. The Balaban J connectivity index is 1.99. The Kier molecular flexibility index (Phi) is 8.51. The summed E-state index contributed by atoms with van der Waals surface area (Å²) in [6.45, 7) is 2.75. The number of amides is 2. The number of unbranched alkanes of at least 4 members (excludes halogenated alkanes) is 2. The Hall–Kier alpha value is -2.67. The molecule has 0 spiro atoms. The monoisotopic (exact) mass is 373 g/mol. The van der Waals surface area contributed by atoms with Crippen LogP contribution in [0.25, 0.3) is 0 Å². The second-order valence-electron chi connectivity index (χ2n) is 6.31. The zero-order valence-corrected chi connectivity index (χ0v) is 15.9. The molecule has 0 bridgehead atoms. The van der Waals surface area contributed by atoms with E-state index in [4.69, 9.17) is 4.74 Å². The summed E-state index contributed by atoms with van der Waals surface area (Å²) in [5, 5.41) is 6.23. The summed E-state index contributed by atoms with van der Waals surface area (Å²) in [5.41, 5.74) is 1.77. The fourth-order valence-corrected chi connectivity index (χ4v) is 2.66. The van der Waals surface area contributed by atoms with E-state index in [0.717, 1.165) is 12.8 Å². The second-order valence-corrected chi connectivity index (χ2v) is 6.31. The van der Waals surface area contributed by atoms with Crippen molar-refractivity contribution in [3.63, 3.8) is 0 Å². The van der Waals surface area contributed by atoms with E-state index in [2.05, 4.69) is 21.9 Å². The van der Waals surface area contributed by atoms with Crippen LogP contribution < -0.4 is 5.32 Å². The first-order chi connectivity index (χ1) is 13.1. The van der Waals surface area contributed by atoms with Crippen molar-refractivity contribution in [3.8, 4) is 0 Å². The van der Waals surface area contributed by atoms with E-state index < -0.39 is 0 Å². The molecule has 2 aromatic rings. The smallest absolute Gasteiger partial charge is 0.254 e. The van der Waals surface area contributed by atoms with Gasteiger partial charge in [-0.15, -0.1) is 0 Å². The SMILES string of the molecule is CCCCCc1ccc(C(=O)N(CCOC)CC(=O)Nc2ccon2)cc1. The molecule has 27 heavy (non-hydrogen) atoms. The molecule has 0 aliphatic rings. The lowest BCUT2D eigenvalue weighted by atomic mass is 10.0. The third kappa shape index (κ3) is 6.86. The van der Waals surface area contributed by atoms with E-state index in [-0.39, 0.29) is 18.4 Å². The van der Waals surface area contributed by atoms with Gasteiger partial charge in [-0.1, -0.05) is 37.1 Å². The highest BCUT2D eigenvalue weighted by molar-refractivity contribution is 5.99. The van der Waals surface area contributed by atoms with E-state index in [1.54, 1.807) is 7.11 Å². The lowest BCUT2D eigenvalue weighted by molar-refractivity contribution is -0.117. The minimum absolute atomic E-state index is 0.0900. The van der Waals surface area contributed by atoms with Gasteiger partial charge in [0, 0.05) is 25.3 Å². The number of aromatic nitrogens is 1. The number of anilines is 1. The Bertz CT molecular complexity index is 699. The Labute approximate surface area is 159 Å². The molecule has 0 fully saturated rings. The average Bonchev–Trinajstić information content (AvgIpc) is 3.18. The van der Waals surface area contributed by atoms with Gasteiger partial charge in [0.15, 0.2) is 5.82 Å². The number of hydrogen-bond acceptors (Lipinski definition) is 5. The Morgan fingerprint density at radius 1 is 1.19 bits per heavy atom. The van der Waals surface area contributed by atoms with Gasteiger partial charge in [0.1, 0.15) is 12.8 Å². The minimum atomic E-state index is -0.343. The molecule has 0 unspecified atom stereocenters. The summed E-state index contributed by atoms with van der Waals surface area (Å²) in [6.07, 6.45) is 5.90. The third-order valence-corrected chi connectivity index (χ3v) is 4.16. The molecule has 0 aliphatic heterocycles. The molecular formula is C20H27N3O4. The summed E-state index contributed by atoms with van der Waals surface area (Å²) in [5.74, 6) is -0.234. The molecular weight excluding hydrogens is 346 g/mol. The van der Waals surface area contributed by atoms with Crippen LogP contribution in [0.3, 0.4) is 0 Å². The number of benzene rings is 1. The van der Waals surface area contributed by atoms with Gasteiger partial charge in [-0.05, 0) is 30.5 Å². The van der Waals surface area contributed by atoms with Crippen molar-refractivity contribution in [2.24, 2.45) is 0 Å². The lowest BCUT2D eigenvalue weighted by Gasteiger charge is -2.21. The second kappa shape index (κ2) is 11.1. The molecule has 2 rings (SSSR count). The first kappa shape index (κ1) is 20.6. The summed E-state index contributed by atoms with van der Waals surface area (Å²) < 4.78 is 9.75. The maximum Gasteiger partial charge on any atom is 0.254 e. The summed E-state index contributed by atoms with van der Waals surface area (Å²) in [4.78, 5) is 26.5. The number of carbonyl (C=O) groups is 2. The predicted octanol–water partition coefficient (Wildman–Crippen LogP) is 3.13.